The SMILES string of the molecule is Cc1cc(=O)c(C(=O)N2CCC(c3nc4ccccc4s3)CC2)nn1-c1ccc(Cl)cc1. The number of likely N-dealkylation sites (tertiary alicyclic amines) is 1. The number of aryl methyl sites for hydroxylation is 1. The molecular weight excluding hydrogens is 444 g/mol. The molecule has 0 bridgehead atoms. The van der Waals surface area contributed by atoms with Crippen LogP contribution in [-0.2, 0) is 0 Å². The van der Waals surface area contributed by atoms with Crippen molar-refractivity contribution in [1.82, 2.24) is 19.7 Å². The number of para-hydroxylation sites is 1. The molecule has 0 saturated carbocycles. The maximum Gasteiger partial charge on any atom is 0.278 e. The van der Waals surface area contributed by atoms with E-state index < -0.39 is 0 Å². The van der Waals surface area contributed by atoms with Gasteiger partial charge >= 0.3 is 0 Å². The van der Waals surface area contributed by atoms with Crippen LogP contribution in [0.5, 0.6) is 0 Å². The molecule has 0 atom stereocenters. The van der Waals surface area contributed by atoms with Gasteiger partial charge in [0.2, 0.25) is 5.43 Å². The Kier molecular flexibility index (Phi) is 5.53. The molecule has 0 spiro atoms. The van der Waals surface area contributed by atoms with Crippen LogP contribution in [0.3, 0.4) is 0 Å². The summed E-state index contributed by atoms with van der Waals surface area (Å²) in [5.41, 5.74) is 2.02. The number of nitrogens with zero attached hydrogens (tertiary/aromatic N) is 4. The first-order valence-corrected chi connectivity index (χ1v) is 11.7. The van der Waals surface area contributed by atoms with Gasteiger partial charge in [-0.05, 0) is 56.2 Å². The number of hydrogen-bond donors (Lipinski definition) is 0. The fourth-order valence-electron chi connectivity index (χ4n) is 4.08. The molecule has 1 fully saturated rings. The van der Waals surface area contributed by atoms with Crippen LogP contribution >= 0.6 is 22.9 Å². The summed E-state index contributed by atoms with van der Waals surface area (Å²) in [6.07, 6.45) is 1.64. The van der Waals surface area contributed by atoms with Crippen molar-refractivity contribution >= 4 is 39.1 Å². The summed E-state index contributed by atoms with van der Waals surface area (Å²) >= 11 is 7.71. The third-order valence-electron chi connectivity index (χ3n) is 5.82. The smallest absolute Gasteiger partial charge is 0.278 e. The van der Waals surface area contributed by atoms with Crippen molar-refractivity contribution in [2.75, 3.05) is 13.1 Å². The van der Waals surface area contributed by atoms with Crippen LogP contribution in [0.25, 0.3) is 15.9 Å². The van der Waals surface area contributed by atoms with E-state index in [1.165, 1.54) is 10.8 Å². The highest BCUT2D eigenvalue weighted by molar-refractivity contribution is 7.18. The number of hydrogen-bond acceptors (Lipinski definition) is 5. The molecule has 0 unspecified atom stereocenters. The summed E-state index contributed by atoms with van der Waals surface area (Å²) in [4.78, 5) is 32.3. The Morgan fingerprint density at radius 1 is 1.09 bits per heavy atom. The molecule has 8 heteroatoms. The van der Waals surface area contributed by atoms with Gasteiger partial charge in [-0.1, -0.05) is 23.7 Å². The number of amides is 1. The highest BCUT2D eigenvalue weighted by Gasteiger charge is 2.28. The standard InChI is InChI=1S/C24H21ClN4O2S/c1-15-14-20(30)22(27-29(15)18-8-6-17(25)7-9-18)24(31)28-12-10-16(11-13-28)23-26-19-4-2-3-5-21(19)32-23/h2-9,14,16H,10-13H2,1H3. The molecule has 2 aromatic carbocycles. The predicted molar refractivity (Wildman–Crippen MR) is 127 cm³/mol. The van der Waals surface area contributed by atoms with Crippen LogP contribution < -0.4 is 5.43 Å². The van der Waals surface area contributed by atoms with Crippen LogP contribution in [0.4, 0.5) is 0 Å². The summed E-state index contributed by atoms with van der Waals surface area (Å²) in [6, 6.07) is 16.7. The van der Waals surface area contributed by atoms with Gasteiger partial charge in [0.1, 0.15) is 0 Å². The molecule has 3 heterocycles. The van der Waals surface area contributed by atoms with Crippen molar-refractivity contribution in [2.45, 2.75) is 25.7 Å². The average molecular weight is 465 g/mol. The second kappa shape index (κ2) is 8.48. The van der Waals surface area contributed by atoms with Gasteiger partial charge in [0.25, 0.3) is 5.91 Å². The third kappa shape index (κ3) is 3.94. The minimum absolute atomic E-state index is 0.0519. The fraction of sp³-hybridized carbons (Fsp3) is 0.250. The van der Waals surface area contributed by atoms with E-state index in [9.17, 15) is 9.59 Å². The molecule has 4 aromatic rings. The Morgan fingerprint density at radius 2 is 1.81 bits per heavy atom. The van der Waals surface area contributed by atoms with Crippen molar-refractivity contribution in [2.24, 2.45) is 0 Å². The van der Waals surface area contributed by atoms with Crippen molar-refractivity contribution in [1.29, 1.82) is 0 Å². The molecule has 1 saturated heterocycles. The average Bonchev–Trinajstić information content (AvgIpc) is 3.24. The van der Waals surface area contributed by atoms with E-state index in [1.54, 1.807) is 40.0 Å². The Balaban J connectivity index is 1.35. The van der Waals surface area contributed by atoms with Crippen LogP contribution in [0.2, 0.25) is 5.02 Å². The number of halogens is 1. The van der Waals surface area contributed by atoms with E-state index >= 15 is 0 Å². The van der Waals surface area contributed by atoms with E-state index in [2.05, 4.69) is 11.2 Å². The first-order valence-electron chi connectivity index (χ1n) is 10.5. The second-order valence-corrected chi connectivity index (χ2v) is 9.47. The van der Waals surface area contributed by atoms with Gasteiger partial charge in [-0.15, -0.1) is 11.3 Å². The molecule has 1 aliphatic heterocycles. The molecule has 1 amide bonds. The second-order valence-electron chi connectivity index (χ2n) is 7.97. The highest BCUT2D eigenvalue weighted by Crippen LogP contribution is 2.34. The Labute approximate surface area is 194 Å². The van der Waals surface area contributed by atoms with E-state index in [1.807, 2.05) is 30.3 Å². The number of piperidine rings is 1. The fourth-order valence-corrected chi connectivity index (χ4v) is 5.35. The lowest BCUT2D eigenvalue weighted by Crippen LogP contribution is -2.41. The molecule has 162 valence electrons. The highest BCUT2D eigenvalue weighted by atomic mass is 35.5. The van der Waals surface area contributed by atoms with Crippen LogP contribution in [0, 0.1) is 6.92 Å². The number of benzene rings is 2. The predicted octanol–water partition coefficient (Wildman–Crippen LogP) is 4.82. The zero-order valence-electron chi connectivity index (χ0n) is 17.5. The number of aromatic nitrogens is 3. The summed E-state index contributed by atoms with van der Waals surface area (Å²) in [6.45, 7) is 2.95. The van der Waals surface area contributed by atoms with Gasteiger partial charge in [0.05, 0.1) is 20.9 Å². The summed E-state index contributed by atoms with van der Waals surface area (Å²) in [5.74, 6) is 0.00798. The molecule has 2 aromatic heterocycles. The van der Waals surface area contributed by atoms with Gasteiger partial charge < -0.3 is 4.90 Å². The van der Waals surface area contributed by atoms with Crippen molar-refractivity contribution < 1.29 is 4.79 Å². The quantitative estimate of drug-likeness (QED) is 0.435. The number of thiazole rings is 1. The minimum Gasteiger partial charge on any atom is -0.337 e. The van der Waals surface area contributed by atoms with E-state index in [0.717, 1.165) is 29.1 Å². The Hall–Kier alpha value is -3.03. The van der Waals surface area contributed by atoms with Crippen LogP contribution in [0.1, 0.15) is 39.9 Å². The maximum atomic E-state index is 13.2. The lowest BCUT2D eigenvalue weighted by molar-refractivity contribution is 0.0703. The van der Waals surface area contributed by atoms with Gasteiger partial charge in [0, 0.05) is 35.8 Å². The molecule has 0 aliphatic carbocycles. The monoisotopic (exact) mass is 464 g/mol. The van der Waals surface area contributed by atoms with Crippen molar-refractivity contribution in [3.05, 3.63) is 86.2 Å². The summed E-state index contributed by atoms with van der Waals surface area (Å²) in [5, 5.41) is 6.15. The number of carbonyl (C=O) groups excluding carboxylic acids is 1. The van der Waals surface area contributed by atoms with E-state index in [0.29, 0.717) is 29.7 Å². The van der Waals surface area contributed by atoms with Gasteiger partial charge in [-0.25, -0.2) is 9.67 Å². The lowest BCUT2D eigenvalue weighted by Gasteiger charge is -2.30. The van der Waals surface area contributed by atoms with Gasteiger partial charge in [-0.3, -0.25) is 9.59 Å². The first kappa shape index (κ1) is 20.8. The molecule has 6 nitrogen and oxygen atoms in total. The molecule has 0 radical (unpaired) electrons. The summed E-state index contributed by atoms with van der Waals surface area (Å²) < 4.78 is 2.80. The summed E-state index contributed by atoms with van der Waals surface area (Å²) in [7, 11) is 0. The molecule has 5 rings (SSSR count). The maximum absolute atomic E-state index is 13.2. The number of rotatable bonds is 3. The van der Waals surface area contributed by atoms with Crippen LogP contribution in [0.15, 0.2) is 59.4 Å². The van der Waals surface area contributed by atoms with Gasteiger partial charge in [-0.2, -0.15) is 5.10 Å². The molecular formula is C24H21ClN4O2S. The van der Waals surface area contributed by atoms with E-state index in [4.69, 9.17) is 16.6 Å². The third-order valence-corrected chi connectivity index (χ3v) is 7.27. The molecule has 0 N–H and O–H groups in total. The van der Waals surface area contributed by atoms with Crippen molar-refractivity contribution in [3.8, 4) is 5.69 Å². The normalized spacial score (nSPS) is 14.8. The van der Waals surface area contributed by atoms with Crippen molar-refractivity contribution in [3.63, 3.8) is 0 Å². The Morgan fingerprint density at radius 3 is 2.53 bits per heavy atom. The zero-order valence-corrected chi connectivity index (χ0v) is 19.1. The minimum atomic E-state index is -0.356. The Bertz CT molecular complexity index is 1320. The number of fused-ring (bicyclic) bond motifs is 1. The first-order chi connectivity index (χ1) is 15.5. The van der Waals surface area contributed by atoms with Gasteiger partial charge in [0.15, 0.2) is 5.69 Å². The topological polar surface area (TPSA) is 68.1 Å². The lowest BCUT2D eigenvalue weighted by atomic mass is 9.97. The molecule has 32 heavy (non-hydrogen) atoms. The molecule has 1 aliphatic rings. The number of carbonyl (C=O) groups is 1. The van der Waals surface area contributed by atoms with Crippen LogP contribution in [-0.4, -0.2) is 38.7 Å². The zero-order chi connectivity index (χ0) is 22.2. The van der Waals surface area contributed by atoms with E-state index in [-0.39, 0.29) is 17.0 Å². The largest absolute Gasteiger partial charge is 0.337 e.